The van der Waals surface area contributed by atoms with E-state index in [-0.39, 0.29) is 0 Å². The summed E-state index contributed by atoms with van der Waals surface area (Å²) in [6.45, 7) is 0. The number of aromatic nitrogens is 2. The van der Waals surface area contributed by atoms with Crippen LogP contribution in [0.5, 0.6) is 5.75 Å². The van der Waals surface area contributed by atoms with Crippen molar-refractivity contribution in [1.29, 1.82) is 0 Å². The van der Waals surface area contributed by atoms with E-state index >= 15 is 0 Å². The topological polar surface area (TPSA) is 79.1 Å². The molecule has 2 aromatic rings. The minimum atomic E-state index is 0.444. The maximum atomic E-state index is 6.08. The lowest BCUT2D eigenvalue weighted by Gasteiger charge is -2.07. The third kappa shape index (κ3) is 2.06. The molecule has 0 radical (unpaired) electrons. The molecule has 0 aliphatic heterocycles. The van der Waals surface area contributed by atoms with Gasteiger partial charge in [0.25, 0.3) is 0 Å². The Labute approximate surface area is 119 Å². The Hall–Kier alpha value is -1.69. The molecule has 1 aromatic heterocycles. The van der Waals surface area contributed by atoms with Crippen LogP contribution >= 0.6 is 15.9 Å². The zero-order valence-electron chi connectivity index (χ0n) is 10.6. The van der Waals surface area contributed by atoms with Crippen LogP contribution < -0.4 is 16.3 Å². The molecule has 19 heavy (non-hydrogen) atoms. The van der Waals surface area contributed by atoms with E-state index in [2.05, 4.69) is 20.9 Å². The molecule has 1 saturated carbocycles. The first kappa shape index (κ1) is 12.3. The largest absolute Gasteiger partial charge is 0.496 e. The van der Waals surface area contributed by atoms with Crippen molar-refractivity contribution in [3.05, 3.63) is 28.5 Å². The van der Waals surface area contributed by atoms with E-state index in [9.17, 15) is 0 Å². The lowest BCUT2D eigenvalue weighted by atomic mass is 10.1. The van der Waals surface area contributed by atoms with Crippen molar-refractivity contribution in [3.8, 4) is 17.0 Å². The number of anilines is 1. The molecule has 0 spiro atoms. The van der Waals surface area contributed by atoms with Crippen molar-refractivity contribution in [2.45, 2.75) is 18.8 Å². The van der Waals surface area contributed by atoms with Gasteiger partial charge in [-0.25, -0.2) is 9.66 Å². The molecular formula is C13H15BrN4O. The molecule has 0 bridgehead atoms. The van der Waals surface area contributed by atoms with Crippen LogP contribution in [0.3, 0.4) is 0 Å². The summed E-state index contributed by atoms with van der Waals surface area (Å²) in [7, 11) is 1.63. The molecule has 1 heterocycles. The molecule has 1 aliphatic rings. The smallest absolute Gasteiger partial charge is 0.150 e. The number of methoxy groups -OCH3 is 1. The number of nitrogen functional groups attached to an aromatic ring is 2. The summed E-state index contributed by atoms with van der Waals surface area (Å²) in [5.74, 6) is 8.49. The standard InChI is InChI=1S/C13H15BrN4O/c1-19-10-5-4-8(14)6-9(10)11-12(15)18(16)13(17-11)7-2-3-7/h4-7H,2-3,15-16H2,1H3. The van der Waals surface area contributed by atoms with Crippen molar-refractivity contribution in [2.75, 3.05) is 18.7 Å². The van der Waals surface area contributed by atoms with E-state index in [0.29, 0.717) is 17.4 Å². The summed E-state index contributed by atoms with van der Waals surface area (Å²) < 4.78 is 7.81. The van der Waals surface area contributed by atoms with Crippen LogP contribution in [-0.4, -0.2) is 16.8 Å². The summed E-state index contributed by atoms with van der Waals surface area (Å²) in [5, 5.41) is 0. The molecule has 0 saturated heterocycles. The Morgan fingerprint density at radius 1 is 1.42 bits per heavy atom. The Balaban J connectivity index is 2.16. The van der Waals surface area contributed by atoms with Gasteiger partial charge in [-0.2, -0.15) is 0 Å². The highest BCUT2D eigenvalue weighted by Gasteiger charge is 2.31. The Kier molecular flexibility index (Phi) is 2.89. The van der Waals surface area contributed by atoms with Crippen LogP contribution in [0.25, 0.3) is 11.3 Å². The Bertz CT molecular complexity index is 634. The number of rotatable bonds is 3. The minimum absolute atomic E-state index is 0.444. The molecule has 0 atom stereocenters. The number of nitrogens with zero attached hydrogens (tertiary/aromatic N) is 2. The number of hydrogen-bond acceptors (Lipinski definition) is 4. The van der Waals surface area contributed by atoms with Gasteiger partial charge in [0.05, 0.1) is 7.11 Å². The van der Waals surface area contributed by atoms with Gasteiger partial charge in [0, 0.05) is 16.0 Å². The quantitative estimate of drug-likeness (QED) is 0.851. The maximum absolute atomic E-state index is 6.08. The van der Waals surface area contributed by atoms with Gasteiger partial charge >= 0.3 is 0 Å². The van der Waals surface area contributed by atoms with Crippen molar-refractivity contribution in [2.24, 2.45) is 0 Å². The summed E-state index contributed by atoms with van der Waals surface area (Å²) in [6, 6.07) is 5.74. The van der Waals surface area contributed by atoms with Gasteiger partial charge in [-0.1, -0.05) is 15.9 Å². The second kappa shape index (κ2) is 4.45. The van der Waals surface area contributed by atoms with Crippen molar-refractivity contribution in [3.63, 3.8) is 0 Å². The molecule has 0 unspecified atom stereocenters. The van der Waals surface area contributed by atoms with Crippen LogP contribution in [0.4, 0.5) is 5.82 Å². The van der Waals surface area contributed by atoms with Gasteiger partial charge in [0.2, 0.25) is 0 Å². The van der Waals surface area contributed by atoms with E-state index in [1.54, 1.807) is 7.11 Å². The molecule has 0 amide bonds. The first-order valence-electron chi connectivity index (χ1n) is 6.09. The third-order valence-corrected chi connectivity index (χ3v) is 3.83. The van der Waals surface area contributed by atoms with Crippen molar-refractivity contribution < 1.29 is 4.74 Å². The Morgan fingerprint density at radius 2 is 2.16 bits per heavy atom. The zero-order chi connectivity index (χ0) is 13.6. The minimum Gasteiger partial charge on any atom is -0.496 e. The second-order valence-corrected chi connectivity index (χ2v) is 5.61. The molecule has 5 nitrogen and oxygen atoms in total. The molecule has 1 aliphatic carbocycles. The lowest BCUT2D eigenvalue weighted by Crippen LogP contribution is -2.14. The van der Waals surface area contributed by atoms with Gasteiger partial charge in [-0.05, 0) is 31.0 Å². The number of nitrogens with two attached hydrogens (primary N) is 2. The summed E-state index contributed by atoms with van der Waals surface area (Å²) >= 11 is 3.45. The van der Waals surface area contributed by atoms with Crippen LogP contribution in [-0.2, 0) is 0 Å². The SMILES string of the molecule is COc1ccc(Br)cc1-c1nc(C2CC2)n(N)c1N. The van der Waals surface area contributed by atoms with E-state index in [0.717, 1.165) is 34.5 Å². The number of ether oxygens (including phenoxy) is 1. The number of benzene rings is 1. The molecular weight excluding hydrogens is 308 g/mol. The zero-order valence-corrected chi connectivity index (χ0v) is 12.1. The first-order chi connectivity index (χ1) is 9.11. The fourth-order valence-electron chi connectivity index (χ4n) is 2.16. The number of imidazole rings is 1. The van der Waals surface area contributed by atoms with E-state index < -0.39 is 0 Å². The number of halogens is 1. The van der Waals surface area contributed by atoms with Gasteiger partial charge in [0.15, 0.2) is 5.82 Å². The molecule has 6 heteroatoms. The first-order valence-corrected chi connectivity index (χ1v) is 6.88. The van der Waals surface area contributed by atoms with Gasteiger partial charge in [-0.15, -0.1) is 0 Å². The van der Waals surface area contributed by atoms with Crippen molar-refractivity contribution in [1.82, 2.24) is 9.66 Å². The maximum Gasteiger partial charge on any atom is 0.150 e. The highest BCUT2D eigenvalue weighted by Crippen LogP contribution is 2.42. The molecule has 4 N–H and O–H groups in total. The summed E-state index contributed by atoms with van der Waals surface area (Å²) in [6.07, 6.45) is 2.26. The van der Waals surface area contributed by atoms with E-state index in [4.69, 9.17) is 16.3 Å². The highest BCUT2D eigenvalue weighted by atomic mass is 79.9. The molecule has 1 fully saturated rings. The molecule has 100 valence electrons. The monoisotopic (exact) mass is 322 g/mol. The average Bonchev–Trinajstić information content (AvgIpc) is 3.19. The van der Waals surface area contributed by atoms with E-state index in [1.807, 2.05) is 18.2 Å². The lowest BCUT2D eigenvalue weighted by molar-refractivity contribution is 0.416. The second-order valence-electron chi connectivity index (χ2n) is 4.69. The summed E-state index contributed by atoms with van der Waals surface area (Å²) in [5.41, 5.74) is 7.61. The van der Waals surface area contributed by atoms with Crippen LogP contribution in [0, 0.1) is 0 Å². The fraction of sp³-hybridized carbons (Fsp3) is 0.308. The van der Waals surface area contributed by atoms with Crippen LogP contribution in [0.2, 0.25) is 0 Å². The summed E-state index contributed by atoms with van der Waals surface area (Å²) in [4.78, 5) is 4.60. The molecule has 3 rings (SSSR count). The highest BCUT2D eigenvalue weighted by molar-refractivity contribution is 9.10. The third-order valence-electron chi connectivity index (χ3n) is 3.33. The fourth-order valence-corrected chi connectivity index (χ4v) is 2.52. The normalized spacial score (nSPS) is 14.6. The Morgan fingerprint density at radius 3 is 2.79 bits per heavy atom. The van der Waals surface area contributed by atoms with Gasteiger partial charge in [0.1, 0.15) is 17.3 Å². The van der Waals surface area contributed by atoms with Crippen LogP contribution in [0.15, 0.2) is 22.7 Å². The van der Waals surface area contributed by atoms with Gasteiger partial charge in [-0.3, -0.25) is 0 Å². The average molecular weight is 323 g/mol. The number of hydrogen-bond donors (Lipinski definition) is 2. The predicted molar refractivity (Wildman–Crippen MR) is 78.5 cm³/mol. The predicted octanol–water partition coefficient (Wildman–Crippen LogP) is 2.49. The van der Waals surface area contributed by atoms with Crippen molar-refractivity contribution >= 4 is 21.7 Å². The van der Waals surface area contributed by atoms with E-state index in [1.165, 1.54) is 4.68 Å². The van der Waals surface area contributed by atoms with Gasteiger partial charge < -0.3 is 16.3 Å². The van der Waals surface area contributed by atoms with Crippen LogP contribution in [0.1, 0.15) is 24.6 Å². The molecule has 1 aromatic carbocycles.